The number of allylic oxidation sites excluding steroid dienone is 1. The van der Waals surface area contributed by atoms with Crippen molar-refractivity contribution in [3.63, 3.8) is 0 Å². The lowest BCUT2D eigenvalue weighted by molar-refractivity contribution is 0.0979. The molecule has 2 heterocycles. The van der Waals surface area contributed by atoms with Crippen LogP contribution in [0.15, 0.2) is 84.1 Å². The van der Waals surface area contributed by atoms with E-state index >= 15 is 0 Å². The fourth-order valence-corrected chi connectivity index (χ4v) is 3.64. The maximum atomic E-state index is 12.6. The highest BCUT2D eigenvalue weighted by molar-refractivity contribution is 6.17. The molecule has 0 amide bonds. The first kappa shape index (κ1) is 19.0. The van der Waals surface area contributed by atoms with E-state index in [1.165, 1.54) is 0 Å². The van der Waals surface area contributed by atoms with Crippen LogP contribution in [0.5, 0.6) is 0 Å². The van der Waals surface area contributed by atoms with Gasteiger partial charge in [-0.1, -0.05) is 61.9 Å². The molecule has 0 aliphatic carbocycles. The third kappa shape index (κ3) is 4.24. The van der Waals surface area contributed by atoms with Gasteiger partial charge in [0.15, 0.2) is 5.78 Å². The second-order valence-corrected chi connectivity index (χ2v) is 7.27. The molecule has 0 fully saturated rings. The number of hydrogen-bond acceptors (Lipinski definition) is 3. The fraction of sp³-hybridized carbons (Fsp3) is 0.192. The summed E-state index contributed by atoms with van der Waals surface area (Å²) in [6, 6.07) is 22.3. The Bertz CT molecular complexity index is 1070. The number of nitrogens with zero attached hydrogens (tertiary/aromatic N) is 2. The first-order valence-corrected chi connectivity index (χ1v) is 10.2. The average molecular weight is 380 g/mol. The van der Waals surface area contributed by atoms with Gasteiger partial charge in [0, 0.05) is 36.4 Å². The molecule has 0 saturated heterocycles. The molecule has 3 nitrogen and oxygen atoms in total. The number of unbranched alkanes of at least 4 members (excludes halogenated alkanes) is 1. The second-order valence-electron chi connectivity index (χ2n) is 7.27. The summed E-state index contributed by atoms with van der Waals surface area (Å²) in [7, 11) is 0. The fourth-order valence-electron chi connectivity index (χ4n) is 3.64. The van der Waals surface area contributed by atoms with Crippen molar-refractivity contribution >= 4 is 22.8 Å². The third-order valence-corrected chi connectivity index (χ3v) is 5.23. The van der Waals surface area contributed by atoms with Gasteiger partial charge in [0.25, 0.3) is 0 Å². The predicted molar refractivity (Wildman–Crippen MR) is 119 cm³/mol. The van der Waals surface area contributed by atoms with Crippen LogP contribution in [0.3, 0.4) is 0 Å². The SMILES string of the molecule is CCCCC(=O)c1cccc(C2=C(c3ccncc3)N=C(c3ccccc3)C2)c1. The summed E-state index contributed by atoms with van der Waals surface area (Å²) in [4.78, 5) is 21.7. The number of rotatable bonds is 7. The van der Waals surface area contributed by atoms with Gasteiger partial charge >= 0.3 is 0 Å². The molecule has 0 atom stereocenters. The maximum Gasteiger partial charge on any atom is 0.162 e. The van der Waals surface area contributed by atoms with E-state index in [0.717, 1.165) is 58.5 Å². The molecule has 4 rings (SSSR count). The van der Waals surface area contributed by atoms with E-state index in [1.54, 1.807) is 12.4 Å². The number of hydrogen-bond donors (Lipinski definition) is 0. The van der Waals surface area contributed by atoms with Gasteiger partial charge in [0.05, 0.1) is 11.4 Å². The molecule has 1 aliphatic rings. The third-order valence-electron chi connectivity index (χ3n) is 5.23. The molecule has 1 aromatic heterocycles. The molecule has 0 saturated carbocycles. The first-order chi connectivity index (χ1) is 14.3. The van der Waals surface area contributed by atoms with E-state index < -0.39 is 0 Å². The first-order valence-electron chi connectivity index (χ1n) is 10.2. The molecule has 1 aliphatic heterocycles. The number of carbonyl (C=O) groups excluding carboxylic acids is 1. The standard InChI is InChI=1S/C26H24N2O/c1-2-3-12-25(29)22-11-7-10-21(17-22)23-18-24(19-8-5-4-6-9-19)28-26(23)20-13-15-27-16-14-20/h4-11,13-17H,2-3,12,18H2,1H3. The maximum absolute atomic E-state index is 12.6. The van der Waals surface area contributed by atoms with E-state index in [-0.39, 0.29) is 5.78 Å². The Morgan fingerprint density at radius 2 is 1.66 bits per heavy atom. The van der Waals surface area contributed by atoms with Crippen molar-refractivity contribution < 1.29 is 4.79 Å². The minimum Gasteiger partial charge on any atom is -0.294 e. The zero-order valence-corrected chi connectivity index (χ0v) is 16.6. The van der Waals surface area contributed by atoms with Crippen LogP contribution >= 0.6 is 0 Å². The van der Waals surface area contributed by atoms with Crippen LogP contribution in [0.25, 0.3) is 11.3 Å². The van der Waals surface area contributed by atoms with E-state index in [4.69, 9.17) is 4.99 Å². The average Bonchev–Trinajstić information content (AvgIpc) is 3.24. The quantitative estimate of drug-likeness (QED) is 0.457. The number of ketones is 1. The molecule has 3 heteroatoms. The number of Topliss-reactive ketones (excluding diaryl/α,β-unsaturated/α-hetero) is 1. The Hall–Kier alpha value is -3.33. The van der Waals surface area contributed by atoms with Crippen molar-refractivity contribution in [2.24, 2.45) is 4.99 Å². The van der Waals surface area contributed by atoms with E-state index in [1.807, 2.05) is 48.5 Å². The van der Waals surface area contributed by atoms with Gasteiger partial charge in [0.1, 0.15) is 0 Å². The van der Waals surface area contributed by atoms with Crippen molar-refractivity contribution in [3.05, 3.63) is 101 Å². The Morgan fingerprint density at radius 3 is 2.41 bits per heavy atom. The monoisotopic (exact) mass is 380 g/mol. The molecule has 0 bridgehead atoms. The summed E-state index contributed by atoms with van der Waals surface area (Å²) in [5.41, 5.74) is 7.19. The van der Waals surface area contributed by atoms with Gasteiger partial charge in [-0.05, 0) is 41.3 Å². The molecule has 0 N–H and O–H groups in total. The van der Waals surface area contributed by atoms with Crippen molar-refractivity contribution in [3.8, 4) is 0 Å². The van der Waals surface area contributed by atoms with Gasteiger partial charge in [-0.3, -0.25) is 14.8 Å². The van der Waals surface area contributed by atoms with Crippen LogP contribution < -0.4 is 0 Å². The van der Waals surface area contributed by atoms with Gasteiger partial charge in [-0.2, -0.15) is 0 Å². The minimum atomic E-state index is 0.210. The van der Waals surface area contributed by atoms with Crippen molar-refractivity contribution in [2.45, 2.75) is 32.6 Å². The molecule has 144 valence electrons. The van der Waals surface area contributed by atoms with Crippen molar-refractivity contribution in [1.82, 2.24) is 4.98 Å². The molecule has 2 aromatic carbocycles. The van der Waals surface area contributed by atoms with Gasteiger partial charge in [-0.15, -0.1) is 0 Å². The molecular formula is C26H24N2O. The van der Waals surface area contributed by atoms with Crippen LogP contribution in [0.4, 0.5) is 0 Å². The summed E-state index contributed by atoms with van der Waals surface area (Å²) in [5.74, 6) is 0.210. The lowest BCUT2D eigenvalue weighted by Gasteiger charge is -2.09. The van der Waals surface area contributed by atoms with Crippen LogP contribution in [0.2, 0.25) is 0 Å². The molecule has 0 radical (unpaired) electrons. The normalized spacial score (nSPS) is 13.5. The molecule has 0 unspecified atom stereocenters. The van der Waals surface area contributed by atoms with Crippen LogP contribution in [-0.2, 0) is 0 Å². The molecular weight excluding hydrogens is 356 g/mol. The minimum absolute atomic E-state index is 0.210. The van der Waals surface area contributed by atoms with Gasteiger partial charge in [-0.25, -0.2) is 0 Å². The Morgan fingerprint density at radius 1 is 0.897 bits per heavy atom. The van der Waals surface area contributed by atoms with Crippen LogP contribution in [0.1, 0.15) is 59.7 Å². The van der Waals surface area contributed by atoms with E-state index in [0.29, 0.717) is 6.42 Å². The number of pyridine rings is 1. The number of benzene rings is 2. The van der Waals surface area contributed by atoms with E-state index in [2.05, 4.69) is 30.1 Å². The largest absolute Gasteiger partial charge is 0.294 e. The summed E-state index contributed by atoms with van der Waals surface area (Å²) < 4.78 is 0. The highest BCUT2D eigenvalue weighted by Gasteiger charge is 2.22. The number of aliphatic imine (C=N–C) groups is 1. The molecule has 29 heavy (non-hydrogen) atoms. The lowest BCUT2D eigenvalue weighted by atomic mass is 9.94. The number of carbonyl (C=O) groups is 1. The molecule has 0 spiro atoms. The van der Waals surface area contributed by atoms with Crippen LogP contribution in [-0.4, -0.2) is 16.5 Å². The van der Waals surface area contributed by atoms with E-state index in [9.17, 15) is 4.79 Å². The zero-order chi connectivity index (χ0) is 20.1. The summed E-state index contributed by atoms with van der Waals surface area (Å²) in [6.07, 6.45) is 6.88. The smallest absolute Gasteiger partial charge is 0.162 e. The van der Waals surface area contributed by atoms with Crippen molar-refractivity contribution in [1.29, 1.82) is 0 Å². The zero-order valence-electron chi connectivity index (χ0n) is 16.6. The summed E-state index contributed by atoms with van der Waals surface area (Å²) in [5, 5.41) is 0. The molecule has 3 aromatic rings. The highest BCUT2D eigenvalue weighted by Crippen LogP contribution is 2.37. The summed E-state index contributed by atoms with van der Waals surface area (Å²) >= 11 is 0. The summed E-state index contributed by atoms with van der Waals surface area (Å²) in [6.45, 7) is 2.11. The Kier molecular flexibility index (Phi) is 5.76. The van der Waals surface area contributed by atoms with Crippen molar-refractivity contribution in [2.75, 3.05) is 0 Å². The lowest BCUT2D eigenvalue weighted by Crippen LogP contribution is -2.01. The topological polar surface area (TPSA) is 42.3 Å². The van der Waals surface area contributed by atoms with Gasteiger partial charge in [0.2, 0.25) is 0 Å². The Labute approximate surface area is 171 Å². The van der Waals surface area contributed by atoms with Gasteiger partial charge < -0.3 is 0 Å². The Balaban J connectivity index is 1.74. The second kappa shape index (κ2) is 8.78. The van der Waals surface area contributed by atoms with Crippen LogP contribution in [0, 0.1) is 0 Å². The highest BCUT2D eigenvalue weighted by atomic mass is 16.1. The number of aromatic nitrogens is 1. The predicted octanol–water partition coefficient (Wildman–Crippen LogP) is 6.22.